The lowest BCUT2D eigenvalue weighted by atomic mass is 10.0. The highest BCUT2D eigenvalue weighted by Crippen LogP contribution is 2.29. The van der Waals surface area contributed by atoms with Crippen LogP contribution in [0.2, 0.25) is 0 Å². The van der Waals surface area contributed by atoms with Crippen LogP contribution in [0.3, 0.4) is 0 Å². The van der Waals surface area contributed by atoms with Gasteiger partial charge in [0.15, 0.2) is 0 Å². The number of methoxy groups -OCH3 is 2. The summed E-state index contributed by atoms with van der Waals surface area (Å²) in [6.45, 7) is 3.83. The average molecular weight is 390 g/mol. The Labute approximate surface area is 169 Å². The molecule has 1 aromatic heterocycles. The standard InChI is InChI=1S/C23H22N2O4/c1-15-5-6-17(20(11-15)23(27)29-4)7-8-18-13-19(12-16(2)22(18)28-3)25-10-9-24-14-21(25)26/h5-14H,1-4H3. The van der Waals surface area contributed by atoms with Crippen LogP contribution in [-0.4, -0.2) is 29.7 Å². The fourth-order valence-corrected chi connectivity index (χ4v) is 3.17. The van der Waals surface area contributed by atoms with E-state index in [4.69, 9.17) is 9.47 Å². The van der Waals surface area contributed by atoms with Gasteiger partial charge in [0.25, 0.3) is 5.56 Å². The van der Waals surface area contributed by atoms with Gasteiger partial charge >= 0.3 is 5.97 Å². The quantitative estimate of drug-likeness (QED) is 0.489. The predicted octanol–water partition coefficient (Wildman–Crippen LogP) is 3.81. The number of hydrogen-bond acceptors (Lipinski definition) is 5. The third-order valence-electron chi connectivity index (χ3n) is 4.55. The van der Waals surface area contributed by atoms with Crippen molar-refractivity contribution in [2.24, 2.45) is 0 Å². The molecule has 0 saturated heterocycles. The van der Waals surface area contributed by atoms with Gasteiger partial charge in [0.2, 0.25) is 0 Å². The first-order chi connectivity index (χ1) is 13.9. The molecule has 3 aromatic rings. The second-order valence-corrected chi connectivity index (χ2v) is 6.59. The molecule has 3 rings (SSSR count). The minimum atomic E-state index is -0.395. The topological polar surface area (TPSA) is 70.4 Å². The van der Waals surface area contributed by atoms with E-state index >= 15 is 0 Å². The van der Waals surface area contributed by atoms with Crippen molar-refractivity contribution in [2.45, 2.75) is 13.8 Å². The number of benzene rings is 2. The average Bonchev–Trinajstić information content (AvgIpc) is 2.72. The smallest absolute Gasteiger partial charge is 0.338 e. The number of carbonyl (C=O) groups is 1. The number of nitrogens with zero attached hydrogens (tertiary/aromatic N) is 2. The Morgan fingerprint density at radius 3 is 2.52 bits per heavy atom. The number of aryl methyl sites for hydroxylation is 2. The zero-order chi connectivity index (χ0) is 21.0. The molecule has 0 amide bonds. The molecule has 2 aromatic carbocycles. The molecule has 0 spiro atoms. The van der Waals surface area contributed by atoms with Crippen molar-refractivity contribution in [3.05, 3.63) is 87.1 Å². The zero-order valence-corrected chi connectivity index (χ0v) is 16.8. The van der Waals surface area contributed by atoms with Gasteiger partial charge in [-0.15, -0.1) is 0 Å². The lowest BCUT2D eigenvalue weighted by molar-refractivity contribution is 0.0600. The molecule has 0 saturated carbocycles. The Morgan fingerprint density at radius 1 is 1.07 bits per heavy atom. The molecule has 0 bridgehead atoms. The van der Waals surface area contributed by atoms with Crippen molar-refractivity contribution < 1.29 is 14.3 Å². The molecular formula is C23H22N2O4. The minimum absolute atomic E-state index is 0.224. The Kier molecular flexibility index (Phi) is 5.93. The fourth-order valence-electron chi connectivity index (χ4n) is 3.17. The molecule has 0 aliphatic heterocycles. The first-order valence-electron chi connectivity index (χ1n) is 9.03. The summed E-state index contributed by atoms with van der Waals surface area (Å²) < 4.78 is 12.0. The van der Waals surface area contributed by atoms with E-state index in [0.717, 1.165) is 22.3 Å². The summed E-state index contributed by atoms with van der Waals surface area (Å²) >= 11 is 0. The van der Waals surface area contributed by atoms with Crippen LogP contribution in [0.15, 0.2) is 53.7 Å². The Hall–Kier alpha value is -3.67. The maximum absolute atomic E-state index is 12.2. The van der Waals surface area contributed by atoms with Crippen LogP contribution in [0.25, 0.3) is 17.8 Å². The van der Waals surface area contributed by atoms with E-state index in [1.165, 1.54) is 17.9 Å². The first-order valence-corrected chi connectivity index (χ1v) is 9.03. The molecule has 0 radical (unpaired) electrons. The number of aromatic nitrogens is 2. The van der Waals surface area contributed by atoms with E-state index in [-0.39, 0.29) is 5.56 Å². The summed E-state index contributed by atoms with van der Waals surface area (Å²) in [5.74, 6) is 0.299. The van der Waals surface area contributed by atoms with E-state index in [1.807, 2.05) is 50.3 Å². The highest BCUT2D eigenvalue weighted by Gasteiger charge is 2.12. The van der Waals surface area contributed by atoms with E-state index in [1.54, 1.807) is 25.6 Å². The van der Waals surface area contributed by atoms with Gasteiger partial charge in [-0.05, 0) is 43.2 Å². The monoisotopic (exact) mass is 390 g/mol. The number of hydrogen-bond donors (Lipinski definition) is 0. The summed E-state index contributed by atoms with van der Waals surface area (Å²) in [6.07, 6.45) is 8.14. The highest BCUT2D eigenvalue weighted by atomic mass is 16.5. The fraction of sp³-hybridized carbons (Fsp3) is 0.174. The van der Waals surface area contributed by atoms with Crippen LogP contribution < -0.4 is 10.3 Å². The van der Waals surface area contributed by atoms with Crippen LogP contribution in [0.4, 0.5) is 0 Å². The summed E-state index contributed by atoms with van der Waals surface area (Å²) in [7, 11) is 2.96. The minimum Gasteiger partial charge on any atom is -0.496 e. The van der Waals surface area contributed by atoms with Crippen LogP contribution in [0, 0.1) is 13.8 Å². The molecule has 0 aliphatic rings. The second kappa shape index (κ2) is 8.56. The van der Waals surface area contributed by atoms with E-state index < -0.39 is 5.97 Å². The number of carbonyl (C=O) groups excluding carboxylic acids is 1. The molecule has 29 heavy (non-hydrogen) atoms. The van der Waals surface area contributed by atoms with Gasteiger partial charge in [-0.3, -0.25) is 14.3 Å². The normalized spacial score (nSPS) is 10.9. The van der Waals surface area contributed by atoms with Crippen LogP contribution in [0.5, 0.6) is 5.75 Å². The first kappa shape index (κ1) is 20.1. The van der Waals surface area contributed by atoms with Crippen molar-refractivity contribution in [1.29, 1.82) is 0 Å². The molecule has 1 heterocycles. The van der Waals surface area contributed by atoms with Gasteiger partial charge in [-0.25, -0.2) is 4.79 Å². The molecule has 0 aliphatic carbocycles. The van der Waals surface area contributed by atoms with Crippen molar-refractivity contribution in [1.82, 2.24) is 9.55 Å². The molecule has 6 nitrogen and oxygen atoms in total. The third-order valence-corrected chi connectivity index (χ3v) is 4.55. The van der Waals surface area contributed by atoms with Gasteiger partial charge in [-0.1, -0.05) is 29.8 Å². The number of esters is 1. The number of rotatable bonds is 5. The Balaban J connectivity index is 2.11. The molecule has 148 valence electrons. The van der Waals surface area contributed by atoms with Crippen molar-refractivity contribution >= 4 is 18.1 Å². The van der Waals surface area contributed by atoms with Crippen molar-refractivity contribution in [3.8, 4) is 11.4 Å². The lowest BCUT2D eigenvalue weighted by Crippen LogP contribution is -2.17. The summed E-state index contributed by atoms with van der Waals surface area (Å²) in [4.78, 5) is 28.1. The Morgan fingerprint density at radius 2 is 1.83 bits per heavy atom. The van der Waals surface area contributed by atoms with Gasteiger partial charge < -0.3 is 9.47 Å². The molecule has 0 fully saturated rings. The number of ether oxygens (including phenoxy) is 2. The van der Waals surface area contributed by atoms with Crippen molar-refractivity contribution in [2.75, 3.05) is 14.2 Å². The van der Waals surface area contributed by atoms with E-state index in [9.17, 15) is 9.59 Å². The molecular weight excluding hydrogens is 368 g/mol. The van der Waals surface area contributed by atoms with Crippen LogP contribution in [0.1, 0.15) is 32.6 Å². The van der Waals surface area contributed by atoms with Crippen LogP contribution in [-0.2, 0) is 4.74 Å². The molecule has 0 atom stereocenters. The van der Waals surface area contributed by atoms with Gasteiger partial charge in [0.1, 0.15) is 5.75 Å². The summed E-state index contributed by atoms with van der Waals surface area (Å²) in [5, 5.41) is 0. The van der Waals surface area contributed by atoms with Gasteiger partial charge in [0, 0.05) is 23.6 Å². The third kappa shape index (κ3) is 4.27. The molecule has 0 unspecified atom stereocenters. The maximum atomic E-state index is 12.2. The second-order valence-electron chi connectivity index (χ2n) is 6.59. The highest BCUT2D eigenvalue weighted by molar-refractivity contribution is 5.95. The molecule has 0 N–H and O–H groups in total. The van der Waals surface area contributed by atoms with Gasteiger partial charge in [-0.2, -0.15) is 0 Å². The zero-order valence-electron chi connectivity index (χ0n) is 16.8. The predicted molar refractivity (Wildman–Crippen MR) is 113 cm³/mol. The largest absolute Gasteiger partial charge is 0.496 e. The SMILES string of the molecule is COC(=O)c1cc(C)ccc1C=Cc1cc(-n2ccncc2=O)cc(C)c1OC. The maximum Gasteiger partial charge on any atom is 0.338 e. The van der Waals surface area contributed by atoms with Gasteiger partial charge in [0.05, 0.1) is 26.0 Å². The summed E-state index contributed by atoms with van der Waals surface area (Å²) in [6, 6.07) is 9.33. The molecule has 6 heteroatoms. The van der Waals surface area contributed by atoms with Crippen molar-refractivity contribution in [3.63, 3.8) is 0 Å². The van der Waals surface area contributed by atoms with Crippen LogP contribution >= 0.6 is 0 Å². The lowest BCUT2D eigenvalue weighted by Gasteiger charge is -2.13. The van der Waals surface area contributed by atoms with E-state index in [0.29, 0.717) is 17.0 Å². The van der Waals surface area contributed by atoms with E-state index in [2.05, 4.69) is 4.98 Å². The summed E-state index contributed by atoms with van der Waals surface area (Å²) in [5.41, 5.74) is 4.32. The Bertz CT molecular complexity index is 1150.